The molecule has 2 aliphatic carbocycles. The predicted octanol–water partition coefficient (Wildman–Crippen LogP) is 3.44. The van der Waals surface area contributed by atoms with Crippen LogP contribution in [0.5, 0.6) is 0 Å². The summed E-state index contributed by atoms with van der Waals surface area (Å²) in [6.07, 6.45) is 10.3. The van der Waals surface area contributed by atoms with Crippen LogP contribution >= 0.6 is 11.3 Å². The fraction of sp³-hybridized carbons (Fsp3) is 0.812. The second-order valence-electron chi connectivity index (χ2n) is 6.35. The number of aliphatic hydroxyl groups excluding tert-OH is 1. The Kier molecular flexibility index (Phi) is 5.08. The van der Waals surface area contributed by atoms with Crippen LogP contribution in [0, 0.1) is 5.92 Å². The quantitative estimate of drug-likeness (QED) is 0.809. The van der Waals surface area contributed by atoms with Crippen LogP contribution < -0.4 is 5.32 Å². The summed E-state index contributed by atoms with van der Waals surface area (Å²) in [5, 5.41) is 16.5. The second kappa shape index (κ2) is 7.01. The molecular weight excluding hydrogens is 268 g/mol. The van der Waals surface area contributed by atoms with Crippen LogP contribution in [-0.4, -0.2) is 22.7 Å². The van der Waals surface area contributed by atoms with E-state index in [1.54, 1.807) is 0 Å². The van der Waals surface area contributed by atoms with Crippen LogP contribution in [0.2, 0.25) is 0 Å². The van der Waals surface area contributed by atoms with Gasteiger partial charge in [0.2, 0.25) is 0 Å². The summed E-state index contributed by atoms with van der Waals surface area (Å²) in [5.41, 5.74) is 1.19. The molecule has 2 N–H and O–H groups in total. The first-order valence-electron chi connectivity index (χ1n) is 8.15. The normalized spacial score (nSPS) is 22.1. The molecule has 0 saturated heterocycles. The second-order valence-corrected chi connectivity index (χ2v) is 7.24. The molecule has 0 amide bonds. The summed E-state index contributed by atoms with van der Waals surface area (Å²) in [7, 11) is 0. The lowest BCUT2D eigenvalue weighted by Crippen LogP contribution is -2.37. The van der Waals surface area contributed by atoms with E-state index in [9.17, 15) is 5.11 Å². The van der Waals surface area contributed by atoms with E-state index < -0.39 is 0 Å². The maximum Gasteiger partial charge on any atom is 0.0959 e. The van der Waals surface area contributed by atoms with Crippen molar-refractivity contribution in [2.45, 2.75) is 69.9 Å². The van der Waals surface area contributed by atoms with Gasteiger partial charge in [0, 0.05) is 30.5 Å². The van der Waals surface area contributed by atoms with Crippen molar-refractivity contribution in [3.8, 4) is 0 Å². The van der Waals surface area contributed by atoms with Crippen molar-refractivity contribution in [3.63, 3.8) is 0 Å². The van der Waals surface area contributed by atoms with Gasteiger partial charge in [-0.1, -0.05) is 19.3 Å². The van der Waals surface area contributed by atoms with Crippen molar-refractivity contribution >= 4 is 11.3 Å². The first-order chi connectivity index (χ1) is 9.86. The zero-order valence-electron chi connectivity index (χ0n) is 12.2. The molecule has 1 heterocycles. The van der Waals surface area contributed by atoms with Crippen molar-refractivity contribution < 1.29 is 5.11 Å². The maximum absolute atomic E-state index is 9.30. The Hall–Kier alpha value is -0.450. The third-order valence-corrected chi connectivity index (χ3v) is 5.76. The highest BCUT2D eigenvalue weighted by atomic mass is 32.1. The number of aliphatic hydroxyl groups is 1. The number of aromatic nitrogens is 1. The molecule has 3 nitrogen and oxygen atoms in total. The average molecular weight is 294 g/mol. The molecule has 2 aliphatic rings. The van der Waals surface area contributed by atoms with E-state index in [0.717, 1.165) is 24.8 Å². The number of hydrogen-bond acceptors (Lipinski definition) is 4. The Labute approximate surface area is 125 Å². The summed E-state index contributed by atoms with van der Waals surface area (Å²) < 4.78 is 0. The van der Waals surface area contributed by atoms with Crippen LogP contribution in [0.1, 0.15) is 68.0 Å². The summed E-state index contributed by atoms with van der Waals surface area (Å²) in [6.45, 7) is 1.16. The SMILES string of the molecule is OCCC(NCc1csc(C2CC2)n1)C1CCCCC1. The monoisotopic (exact) mass is 294 g/mol. The molecule has 1 atom stereocenters. The predicted molar refractivity (Wildman–Crippen MR) is 83.0 cm³/mol. The Morgan fingerprint density at radius 3 is 2.75 bits per heavy atom. The standard InChI is InChI=1S/C16H26N2OS/c19-9-8-15(12-4-2-1-3-5-12)17-10-14-11-20-16(18-14)13-6-7-13/h11-13,15,17,19H,1-10H2. The van der Waals surface area contributed by atoms with E-state index in [1.807, 2.05) is 11.3 Å². The lowest BCUT2D eigenvalue weighted by Gasteiger charge is -2.30. The van der Waals surface area contributed by atoms with Gasteiger partial charge in [0.1, 0.15) is 0 Å². The smallest absolute Gasteiger partial charge is 0.0959 e. The fourth-order valence-electron chi connectivity index (χ4n) is 3.34. The Morgan fingerprint density at radius 2 is 2.05 bits per heavy atom. The molecule has 4 heteroatoms. The van der Waals surface area contributed by atoms with Gasteiger partial charge in [0.25, 0.3) is 0 Å². The molecule has 1 aromatic heterocycles. The highest BCUT2D eigenvalue weighted by Gasteiger charge is 2.27. The summed E-state index contributed by atoms with van der Waals surface area (Å²) in [6, 6.07) is 0.464. The van der Waals surface area contributed by atoms with Crippen LogP contribution in [0.4, 0.5) is 0 Å². The van der Waals surface area contributed by atoms with Gasteiger partial charge < -0.3 is 10.4 Å². The summed E-state index contributed by atoms with van der Waals surface area (Å²) in [5.74, 6) is 1.51. The minimum atomic E-state index is 0.290. The summed E-state index contributed by atoms with van der Waals surface area (Å²) >= 11 is 1.82. The largest absolute Gasteiger partial charge is 0.396 e. The van der Waals surface area contributed by atoms with Crippen molar-refractivity contribution in [1.82, 2.24) is 10.3 Å². The molecule has 1 unspecified atom stereocenters. The van der Waals surface area contributed by atoms with E-state index in [0.29, 0.717) is 12.6 Å². The van der Waals surface area contributed by atoms with Crippen LogP contribution in [0.3, 0.4) is 0 Å². The fourth-order valence-corrected chi connectivity index (χ4v) is 4.33. The average Bonchev–Trinajstić information content (AvgIpc) is 3.24. The van der Waals surface area contributed by atoms with Crippen molar-refractivity contribution in [2.75, 3.05) is 6.61 Å². The van der Waals surface area contributed by atoms with Crippen molar-refractivity contribution in [2.24, 2.45) is 5.92 Å². The Bertz CT molecular complexity index is 410. The zero-order valence-corrected chi connectivity index (χ0v) is 13.0. The molecule has 0 aliphatic heterocycles. The first kappa shape index (κ1) is 14.5. The van der Waals surface area contributed by atoms with Gasteiger partial charge in [-0.2, -0.15) is 0 Å². The van der Waals surface area contributed by atoms with E-state index >= 15 is 0 Å². The molecule has 0 bridgehead atoms. The van der Waals surface area contributed by atoms with Gasteiger partial charge in [-0.15, -0.1) is 11.3 Å². The Balaban J connectivity index is 1.52. The van der Waals surface area contributed by atoms with Crippen LogP contribution in [0.15, 0.2) is 5.38 Å². The number of nitrogens with zero attached hydrogens (tertiary/aromatic N) is 1. The molecule has 3 rings (SSSR count). The van der Waals surface area contributed by atoms with Crippen molar-refractivity contribution in [1.29, 1.82) is 0 Å². The van der Waals surface area contributed by atoms with E-state index in [1.165, 1.54) is 55.6 Å². The van der Waals surface area contributed by atoms with Gasteiger partial charge in [-0.05, 0) is 38.0 Å². The highest BCUT2D eigenvalue weighted by Crippen LogP contribution is 2.41. The molecule has 112 valence electrons. The van der Waals surface area contributed by atoms with Gasteiger partial charge in [-0.25, -0.2) is 4.98 Å². The third-order valence-electron chi connectivity index (χ3n) is 4.70. The molecule has 0 aromatic carbocycles. The third kappa shape index (κ3) is 3.80. The van der Waals surface area contributed by atoms with Gasteiger partial charge in [-0.3, -0.25) is 0 Å². The zero-order chi connectivity index (χ0) is 13.8. The van der Waals surface area contributed by atoms with Gasteiger partial charge >= 0.3 is 0 Å². The van der Waals surface area contributed by atoms with Crippen LogP contribution in [0.25, 0.3) is 0 Å². The van der Waals surface area contributed by atoms with Crippen molar-refractivity contribution in [3.05, 3.63) is 16.1 Å². The molecular formula is C16H26N2OS. The highest BCUT2D eigenvalue weighted by molar-refractivity contribution is 7.09. The molecule has 20 heavy (non-hydrogen) atoms. The van der Waals surface area contributed by atoms with Crippen LogP contribution in [-0.2, 0) is 6.54 Å². The van der Waals surface area contributed by atoms with Gasteiger partial charge in [0.05, 0.1) is 10.7 Å². The minimum Gasteiger partial charge on any atom is -0.396 e. The van der Waals surface area contributed by atoms with Gasteiger partial charge in [0.15, 0.2) is 0 Å². The molecule has 1 aromatic rings. The van der Waals surface area contributed by atoms with E-state index in [-0.39, 0.29) is 0 Å². The maximum atomic E-state index is 9.30. The Morgan fingerprint density at radius 1 is 1.25 bits per heavy atom. The lowest BCUT2D eigenvalue weighted by molar-refractivity contribution is 0.205. The topological polar surface area (TPSA) is 45.1 Å². The van der Waals surface area contributed by atoms with E-state index in [2.05, 4.69) is 10.7 Å². The minimum absolute atomic E-state index is 0.290. The van der Waals surface area contributed by atoms with E-state index in [4.69, 9.17) is 4.98 Å². The molecule has 0 spiro atoms. The first-order valence-corrected chi connectivity index (χ1v) is 9.03. The number of hydrogen-bond donors (Lipinski definition) is 2. The molecule has 0 radical (unpaired) electrons. The summed E-state index contributed by atoms with van der Waals surface area (Å²) in [4.78, 5) is 4.74. The number of nitrogens with one attached hydrogen (secondary N) is 1. The number of thiazole rings is 1. The molecule has 2 fully saturated rings. The molecule has 2 saturated carbocycles. The lowest BCUT2D eigenvalue weighted by atomic mass is 9.83. The number of rotatable bonds is 7.